The lowest BCUT2D eigenvalue weighted by molar-refractivity contribution is -0.139. The molecule has 0 saturated carbocycles. The van der Waals surface area contributed by atoms with Crippen molar-refractivity contribution in [2.45, 2.75) is 31.4 Å². The number of amides is 1. The maximum Gasteiger partial charge on any atom is 0.419 e. The first-order valence-corrected chi connectivity index (χ1v) is 7.35. The number of alkyl halides is 6. The molecule has 0 saturated heterocycles. The van der Waals surface area contributed by atoms with Gasteiger partial charge in [-0.25, -0.2) is 4.98 Å². The Morgan fingerprint density at radius 1 is 1.25 bits per heavy atom. The number of anilines is 1. The molecule has 2 N–H and O–H groups in total. The molecule has 2 rings (SSSR count). The van der Waals surface area contributed by atoms with Gasteiger partial charge in [0.1, 0.15) is 6.07 Å². The fraction of sp³-hybridized carbons (Fsp3) is 0.333. The Kier molecular flexibility index (Phi) is 5.38. The van der Waals surface area contributed by atoms with Crippen molar-refractivity contribution in [1.29, 1.82) is 5.26 Å². The molecule has 0 spiro atoms. The number of rotatable bonds is 4. The van der Waals surface area contributed by atoms with E-state index < -0.39 is 52.9 Å². The van der Waals surface area contributed by atoms with E-state index in [-0.39, 0.29) is 0 Å². The number of aromatic nitrogens is 3. The molecule has 28 heavy (non-hydrogen) atoms. The Bertz CT molecular complexity index is 926. The second kappa shape index (κ2) is 7.12. The number of nitrogens with one attached hydrogen (secondary N) is 1. The van der Waals surface area contributed by atoms with Crippen LogP contribution in [0.3, 0.4) is 0 Å². The highest BCUT2D eigenvalue weighted by Gasteiger charge is 2.37. The number of pyridine rings is 1. The molecule has 2 aromatic heterocycles. The smallest absolute Gasteiger partial charge is 0.378 e. The van der Waals surface area contributed by atoms with Gasteiger partial charge in [0.05, 0.1) is 35.8 Å². The third-order valence-corrected chi connectivity index (χ3v) is 3.48. The van der Waals surface area contributed by atoms with E-state index in [1.54, 1.807) is 0 Å². The summed E-state index contributed by atoms with van der Waals surface area (Å²) >= 11 is 0. The van der Waals surface area contributed by atoms with Gasteiger partial charge in [-0.05, 0) is 13.0 Å². The van der Waals surface area contributed by atoms with Crippen LogP contribution in [-0.4, -0.2) is 31.4 Å². The van der Waals surface area contributed by atoms with Gasteiger partial charge in [-0.15, -0.1) is 0 Å². The van der Waals surface area contributed by atoms with E-state index in [9.17, 15) is 36.2 Å². The molecule has 0 aliphatic heterocycles. The molecule has 13 heteroatoms. The third kappa shape index (κ3) is 4.77. The van der Waals surface area contributed by atoms with Crippen LogP contribution in [0, 0.1) is 11.3 Å². The SMILES string of the molecule is C[C@](O)(Cn1cc(C(F)(F)F)cn1)C(=O)Nc1cnc(C#N)c(C(F)(F)F)c1. The molecular weight excluding hydrogens is 396 g/mol. The topological polar surface area (TPSA) is 104 Å². The summed E-state index contributed by atoms with van der Waals surface area (Å²) in [5.41, 5.74) is -6.19. The summed E-state index contributed by atoms with van der Waals surface area (Å²) in [7, 11) is 0. The first-order valence-electron chi connectivity index (χ1n) is 7.35. The van der Waals surface area contributed by atoms with Gasteiger partial charge in [0.15, 0.2) is 11.3 Å². The minimum absolute atomic E-state index is 0.454. The minimum atomic E-state index is -4.91. The van der Waals surface area contributed by atoms with Gasteiger partial charge in [0.2, 0.25) is 0 Å². The molecule has 2 heterocycles. The molecule has 7 nitrogen and oxygen atoms in total. The fourth-order valence-corrected chi connectivity index (χ4v) is 2.09. The van der Waals surface area contributed by atoms with E-state index in [4.69, 9.17) is 5.26 Å². The molecule has 0 aromatic carbocycles. The number of aliphatic hydroxyl groups is 1. The number of nitriles is 1. The van der Waals surface area contributed by atoms with Crippen molar-refractivity contribution in [2.75, 3.05) is 5.32 Å². The summed E-state index contributed by atoms with van der Waals surface area (Å²) in [6, 6.07) is 1.72. The molecule has 0 radical (unpaired) electrons. The Morgan fingerprint density at radius 3 is 2.39 bits per heavy atom. The largest absolute Gasteiger partial charge is 0.419 e. The highest BCUT2D eigenvalue weighted by atomic mass is 19.4. The van der Waals surface area contributed by atoms with Crippen LogP contribution in [0.15, 0.2) is 24.7 Å². The third-order valence-electron chi connectivity index (χ3n) is 3.48. The van der Waals surface area contributed by atoms with Gasteiger partial charge in [-0.2, -0.15) is 36.7 Å². The van der Waals surface area contributed by atoms with Crippen LogP contribution in [-0.2, 0) is 23.7 Å². The van der Waals surface area contributed by atoms with Crippen molar-refractivity contribution in [3.63, 3.8) is 0 Å². The Balaban J connectivity index is 2.19. The van der Waals surface area contributed by atoms with Crippen molar-refractivity contribution in [3.8, 4) is 6.07 Å². The molecule has 150 valence electrons. The number of nitrogens with zero attached hydrogens (tertiary/aromatic N) is 4. The second-order valence-corrected chi connectivity index (χ2v) is 5.88. The lowest BCUT2D eigenvalue weighted by Crippen LogP contribution is -2.44. The highest BCUT2D eigenvalue weighted by Crippen LogP contribution is 2.33. The minimum Gasteiger partial charge on any atom is -0.378 e. The lowest BCUT2D eigenvalue weighted by Gasteiger charge is -2.22. The van der Waals surface area contributed by atoms with Crippen LogP contribution in [0.5, 0.6) is 0 Å². The standard InChI is InChI=1S/C15H11F6N5O2/c1-13(28,7-26-6-8(4-24-26)14(16,17)18)12(27)25-9-2-10(15(19,20)21)11(3-22)23-5-9/h2,4-6,28H,7H2,1H3,(H,25,27)/t13-/m0/s1. The van der Waals surface area contributed by atoms with Gasteiger partial charge >= 0.3 is 12.4 Å². The number of carbonyl (C=O) groups excluding carboxylic acids is 1. The summed E-state index contributed by atoms with van der Waals surface area (Å²) < 4.78 is 77.1. The van der Waals surface area contributed by atoms with E-state index in [1.807, 2.05) is 5.32 Å². The molecule has 0 aliphatic carbocycles. The van der Waals surface area contributed by atoms with Crippen molar-refractivity contribution < 1.29 is 36.2 Å². The Morgan fingerprint density at radius 2 is 1.89 bits per heavy atom. The summed E-state index contributed by atoms with van der Waals surface area (Å²) in [6.07, 6.45) is -7.75. The van der Waals surface area contributed by atoms with Gasteiger partial charge in [-0.3, -0.25) is 9.48 Å². The zero-order valence-corrected chi connectivity index (χ0v) is 13.9. The van der Waals surface area contributed by atoms with Crippen molar-refractivity contribution in [2.24, 2.45) is 0 Å². The van der Waals surface area contributed by atoms with Crippen LogP contribution >= 0.6 is 0 Å². The van der Waals surface area contributed by atoms with Crippen LogP contribution in [0.1, 0.15) is 23.7 Å². The molecule has 1 amide bonds. The molecular formula is C15H11F6N5O2. The number of hydrogen-bond donors (Lipinski definition) is 2. The average Bonchev–Trinajstić information content (AvgIpc) is 3.02. The predicted molar refractivity (Wildman–Crippen MR) is 80.4 cm³/mol. The first-order chi connectivity index (χ1) is 12.7. The second-order valence-electron chi connectivity index (χ2n) is 5.88. The predicted octanol–water partition coefficient (Wildman–Crippen LogP) is 2.58. The first kappa shape index (κ1) is 21.2. The zero-order valence-electron chi connectivity index (χ0n) is 13.9. The number of hydrogen-bond acceptors (Lipinski definition) is 5. The summed E-state index contributed by atoms with van der Waals surface area (Å²) in [4.78, 5) is 15.5. The Labute approximate surface area is 153 Å². The molecule has 1 atom stereocenters. The maximum absolute atomic E-state index is 12.9. The van der Waals surface area contributed by atoms with Gasteiger partial charge < -0.3 is 10.4 Å². The summed E-state index contributed by atoms with van der Waals surface area (Å²) in [6.45, 7) is 0.240. The summed E-state index contributed by atoms with van der Waals surface area (Å²) in [5, 5.41) is 24.2. The summed E-state index contributed by atoms with van der Waals surface area (Å²) in [5.74, 6) is -1.21. The lowest BCUT2D eigenvalue weighted by atomic mass is 10.1. The Hall–Kier alpha value is -3.14. The van der Waals surface area contributed by atoms with Crippen LogP contribution in [0.4, 0.5) is 32.0 Å². The quantitative estimate of drug-likeness (QED) is 0.759. The molecule has 0 unspecified atom stereocenters. The highest BCUT2D eigenvalue weighted by molar-refractivity contribution is 5.96. The number of carbonyl (C=O) groups is 1. The average molecular weight is 407 g/mol. The van der Waals surface area contributed by atoms with Crippen molar-refractivity contribution >= 4 is 11.6 Å². The zero-order chi connectivity index (χ0) is 21.3. The monoisotopic (exact) mass is 407 g/mol. The van der Waals surface area contributed by atoms with E-state index in [0.29, 0.717) is 23.1 Å². The van der Waals surface area contributed by atoms with Crippen molar-refractivity contribution in [1.82, 2.24) is 14.8 Å². The maximum atomic E-state index is 12.9. The van der Waals surface area contributed by atoms with Crippen LogP contribution in [0.25, 0.3) is 0 Å². The van der Waals surface area contributed by atoms with E-state index in [1.165, 1.54) is 6.07 Å². The van der Waals surface area contributed by atoms with E-state index in [2.05, 4.69) is 10.1 Å². The van der Waals surface area contributed by atoms with Gasteiger partial charge in [0, 0.05) is 6.20 Å². The van der Waals surface area contributed by atoms with Crippen LogP contribution in [0.2, 0.25) is 0 Å². The van der Waals surface area contributed by atoms with E-state index >= 15 is 0 Å². The molecule has 2 aromatic rings. The normalized spacial score (nSPS) is 14.2. The molecule has 0 bridgehead atoms. The van der Waals surface area contributed by atoms with E-state index in [0.717, 1.165) is 13.1 Å². The number of halogens is 6. The van der Waals surface area contributed by atoms with Gasteiger partial charge in [-0.1, -0.05) is 0 Å². The van der Waals surface area contributed by atoms with Crippen molar-refractivity contribution in [3.05, 3.63) is 41.5 Å². The fourth-order valence-electron chi connectivity index (χ4n) is 2.09. The van der Waals surface area contributed by atoms with Gasteiger partial charge in [0.25, 0.3) is 5.91 Å². The molecule has 0 fully saturated rings. The molecule has 0 aliphatic rings. The van der Waals surface area contributed by atoms with Crippen LogP contribution < -0.4 is 5.32 Å².